The summed E-state index contributed by atoms with van der Waals surface area (Å²) >= 11 is 0. The van der Waals surface area contributed by atoms with Crippen molar-refractivity contribution >= 4 is 61.3 Å². The van der Waals surface area contributed by atoms with E-state index >= 15 is 0 Å². The predicted octanol–water partition coefficient (Wildman–Crippen LogP) is 5.30. The number of hydrogen-bond donors (Lipinski definition) is 0. The molecule has 0 N–H and O–H groups in total. The number of pyridine rings is 1. The Bertz CT molecular complexity index is 1750. The van der Waals surface area contributed by atoms with E-state index in [1.165, 1.54) is 48.4 Å². The summed E-state index contributed by atoms with van der Waals surface area (Å²) in [7, 11) is 0. The summed E-state index contributed by atoms with van der Waals surface area (Å²) in [4.78, 5) is 5.27. The van der Waals surface area contributed by atoms with E-state index in [4.69, 9.17) is 4.98 Å². The standard InChI is InChI=1S/C27H18N2/c1-4-13-21-17(9-1)18-10-2-5-14-22(18)26-25(21)28-27-23-15-6-3-11-19(23)20-12-7-8-16-24(20)29(26)27/h1-2,4-5,7-16H,3,6H2. The van der Waals surface area contributed by atoms with E-state index in [0.717, 1.165) is 24.0 Å². The third kappa shape index (κ3) is 1.88. The number of aromatic nitrogens is 2. The zero-order valence-corrected chi connectivity index (χ0v) is 15.9. The lowest BCUT2D eigenvalue weighted by Gasteiger charge is -2.10. The van der Waals surface area contributed by atoms with E-state index in [0.29, 0.717) is 0 Å². The largest absolute Gasteiger partial charge is 0.291 e. The highest BCUT2D eigenvalue weighted by atomic mass is 15.0. The molecule has 0 bridgehead atoms. The van der Waals surface area contributed by atoms with Gasteiger partial charge in [-0.25, -0.2) is 4.98 Å². The van der Waals surface area contributed by atoms with Gasteiger partial charge in [0.25, 0.3) is 0 Å². The Morgan fingerprint density at radius 2 is 1.17 bits per heavy atom. The molecule has 0 saturated carbocycles. The van der Waals surface area contributed by atoms with Crippen LogP contribution in [-0.2, 0) is 0 Å². The molecule has 4 aromatic carbocycles. The molecule has 1 aliphatic rings. The van der Waals surface area contributed by atoms with E-state index in [1.807, 2.05) is 0 Å². The van der Waals surface area contributed by atoms with Crippen LogP contribution in [0.15, 0.2) is 72.8 Å². The van der Waals surface area contributed by atoms with E-state index in [2.05, 4.69) is 89.3 Å². The molecule has 2 aromatic heterocycles. The van der Waals surface area contributed by atoms with Crippen molar-refractivity contribution in [2.24, 2.45) is 0 Å². The maximum Gasteiger partial charge on any atom is 0.146 e. The molecular weight excluding hydrogens is 352 g/mol. The Balaban J connectivity index is 1.94. The van der Waals surface area contributed by atoms with Gasteiger partial charge >= 0.3 is 0 Å². The highest BCUT2D eigenvalue weighted by Gasteiger charge is 2.17. The summed E-state index contributed by atoms with van der Waals surface area (Å²) in [5.74, 6) is 0. The van der Waals surface area contributed by atoms with Gasteiger partial charge in [0, 0.05) is 21.4 Å². The fraction of sp³-hybridized carbons (Fsp3) is 0.0741. The normalized spacial score (nSPS) is 13.8. The van der Waals surface area contributed by atoms with Crippen LogP contribution in [0.5, 0.6) is 0 Å². The summed E-state index contributed by atoms with van der Waals surface area (Å²) in [6, 6.07) is 26.2. The number of benzene rings is 4. The number of rotatable bonds is 0. The Hall–Kier alpha value is -3.65. The van der Waals surface area contributed by atoms with Crippen molar-refractivity contribution in [1.82, 2.24) is 9.38 Å². The molecule has 1 aliphatic carbocycles. The number of fused-ring (bicyclic) bond motifs is 13. The van der Waals surface area contributed by atoms with Crippen LogP contribution in [0.1, 0.15) is 12.8 Å². The van der Waals surface area contributed by atoms with Crippen LogP contribution in [0.2, 0.25) is 0 Å². The van der Waals surface area contributed by atoms with Crippen molar-refractivity contribution < 1.29 is 0 Å². The van der Waals surface area contributed by atoms with Gasteiger partial charge in [-0.2, -0.15) is 0 Å². The minimum atomic E-state index is 1.08. The molecule has 0 amide bonds. The number of imidazole rings is 1. The van der Waals surface area contributed by atoms with Crippen LogP contribution in [-0.4, -0.2) is 9.38 Å². The monoisotopic (exact) mass is 370 g/mol. The van der Waals surface area contributed by atoms with Gasteiger partial charge in [-0.15, -0.1) is 0 Å². The predicted molar refractivity (Wildman–Crippen MR) is 123 cm³/mol. The summed E-state index contributed by atoms with van der Waals surface area (Å²) in [5.41, 5.74) is 4.62. The third-order valence-corrected chi connectivity index (χ3v) is 6.36. The Labute approximate surface area is 167 Å². The van der Waals surface area contributed by atoms with E-state index in [-0.39, 0.29) is 0 Å². The molecule has 0 saturated heterocycles. The van der Waals surface area contributed by atoms with Gasteiger partial charge in [0.15, 0.2) is 0 Å². The first-order valence-electron chi connectivity index (χ1n) is 10.2. The van der Waals surface area contributed by atoms with E-state index < -0.39 is 0 Å². The molecule has 0 fully saturated rings. The average molecular weight is 370 g/mol. The summed E-state index contributed by atoms with van der Waals surface area (Å²) in [5, 5.41) is 8.97. The first-order valence-corrected chi connectivity index (χ1v) is 10.2. The SMILES string of the molecule is C1=c2c(c3nc4c5ccccc5c5ccccc5c4n3c3ccccc23)=CCC1. The smallest absolute Gasteiger partial charge is 0.146 e. The molecule has 2 nitrogen and oxygen atoms in total. The molecule has 0 radical (unpaired) electrons. The quantitative estimate of drug-likeness (QED) is 0.332. The molecular formula is C27H18N2. The van der Waals surface area contributed by atoms with E-state index in [9.17, 15) is 0 Å². The minimum Gasteiger partial charge on any atom is -0.291 e. The van der Waals surface area contributed by atoms with Gasteiger partial charge < -0.3 is 0 Å². The molecule has 2 heteroatoms. The maximum absolute atomic E-state index is 5.27. The van der Waals surface area contributed by atoms with Crippen molar-refractivity contribution in [2.45, 2.75) is 12.8 Å². The lowest BCUT2D eigenvalue weighted by Crippen LogP contribution is -2.30. The van der Waals surface area contributed by atoms with Crippen molar-refractivity contribution in [3.8, 4) is 0 Å². The third-order valence-electron chi connectivity index (χ3n) is 6.36. The molecule has 0 atom stereocenters. The molecule has 7 rings (SSSR count). The topological polar surface area (TPSA) is 17.3 Å². The average Bonchev–Trinajstić information content (AvgIpc) is 3.21. The first kappa shape index (κ1) is 15.3. The number of hydrogen-bond acceptors (Lipinski definition) is 1. The lowest BCUT2D eigenvalue weighted by molar-refractivity contribution is 1.11. The van der Waals surface area contributed by atoms with Crippen LogP contribution in [0.3, 0.4) is 0 Å². The molecule has 0 unspecified atom stereocenters. The molecule has 0 spiro atoms. The van der Waals surface area contributed by atoms with Crippen LogP contribution < -0.4 is 10.4 Å². The summed E-state index contributed by atoms with van der Waals surface area (Å²) in [6.45, 7) is 0. The van der Waals surface area contributed by atoms with Gasteiger partial charge in [0.1, 0.15) is 5.65 Å². The zero-order valence-electron chi connectivity index (χ0n) is 15.9. The molecule has 6 aromatic rings. The van der Waals surface area contributed by atoms with Gasteiger partial charge in [0.05, 0.1) is 16.6 Å². The summed E-state index contributed by atoms with van der Waals surface area (Å²) in [6.07, 6.45) is 6.92. The van der Waals surface area contributed by atoms with Crippen LogP contribution in [0.25, 0.3) is 61.3 Å². The van der Waals surface area contributed by atoms with Gasteiger partial charge in [-0.3, -0.25) is 4.40 Å². The first-order chi connectivity index (χ1) is 14.4. The van der Waals surface area contributed by atoms with Crippen molar-refractivity contribution in [2.75, 3.05) is 0 Å². The molecule has 2 heterocycles. The Morgan fingerprint density at radius 1 is 0.586 bits per heavy atom. The van der Waals surface area contributed by atoms with Crippen molar-refractivity contribution in [3.63, 3.8) is 0 Å². The van der Waals surface area contributed by atoms with Crippen LogP contribution in [0, 0.1) is 0 Å². The Kier molecular flexibility index (Phi) is 2.87. The minimum absolute atomic E-state index is 1.08. The second kappa shape index (κ2) is 5.45. The van der Waals surface area contributed by atoms with Crippen LogP contribution >= 0.6 is 0 Å². The number of nitrogens with zero attached hydrogens (tertiary/aromatic N) is 2. The second-order valence-corrected chi connectivity index (χ2v) is 7.89. The molecule has 0 aliphatic heterocycles. The zero-order chi connectivity index (χ0) is 18.9. The van der Waals surface area contributed by atoms with Crippen LogP contribution in [0.4, 0.5) is 0 Å². The highest BCUT2D eigenvalue weighted by Crippen LogP contribution is 2.35. The van der Waals surface area contributed by atoms with Gasteiger partial charge in [0.2, 0.25) is 0 Å². The van der Waals surface area contributed by atoms with Crippen molar-refractivity contribution in [1.29, 1.82) is 0 Å². The molecule has 136 valence electrons. The lowest BCUT2D eigenvalue weighted by atomic mass is 10.00. The van der Waals surface area contributed by atoms with Crippen molar-refractivity contribution in [3.05, 3.63) is 83.2 Å². The number of para-hydroxylation sites is 1. The second-order valence-electron chi connectivity index (χ2n) is 7.89. The molecule has 29 heavy (non-hydrogen) atoms. The maximum atomic E-state index is 5.27. The van der Waals surface area contributed by atoms with E-state index in [1.54, 1.807) is 0 Å². The highest BCUT2D eigenvalue weighted by molar-refractivity contribution is 6.24. The van der Waals surface area contributed by atoms with Gasteiger partial charge in [-0.1, -0.05) is 78.9 Å². The summed E-state index contributed by atoms with van der Waals surface area (Å²) < 4.78 is 2.40. The fourth-order valence-electron chi connectivity index (χ4n) is 5.16. The Morgan fingerprint density at radius 3 is 1.97 bits per heavy atom. The fourth-order valence-corrected chi connectivity index (χ4v) is 5.16. The van der Waals surface area contributed by atoms with Gasteiger partial charge in [-0.05, 0) is 34.9 Å².